The van der Waals surface area contributed by atoms with Crippen molar-refractivity contribution in [1.82, 2.24) is 5.32 Å². The second-order valence-electron chi connectivity index (χ2n) is 7.38. The van der Waals surface area contributed by atoms with E-state index < -0.39 is 28.5 Å². The number of thioether (sulfide) groups is 1. The number of benzene rings is 1. The summed E-state index contributed by atoms with van der Waals surface area (Å²) in [6.07, 6.45) is -0.137. The van der Waals surface area contributed by atoms with Gasteiger partial charge in [-0.05, 0) is 58.7 Å². The number of aliphatic imine (C=N–C) groups is 1. The van der Waals surface area contributed by atoms with E-state index in [9.17, 15) is 9.59 Å². The number of hydrogen-bond acceptors (Lipinski definition) is 6. The second-order valence-corrected chi connectivity index (χ2v) is 9.78. The van der Waals surface area contributed by atoms with E-state index in [1.165, 1.54) is 11.8 Å². The Kier molecular flexibility index (Phi) is 6.97. The standard InChI is InChI=1S/C19H25BrN2O4S/c1-6-25-15(23)14-11-19(5,12-8-7-9-13(20)10-12)27-16(21-14)22-17(24)26-18(2,3)4/h7-10,14H,6,11H2,1-5H3,(H,21,22,24). The highest BCUT2D eigenvalue weighted by Gasteiger charge is 2.40. The summed E-state index contributed by atoms with van der Waals surface area (Å²) in [4.78, 5) is 28.9. The molecular weight excluding hydrogens is 432 g/mol. The number of nitrogens with zero attached hydrogens (tertiary/aromatic N) is 1. The number of alkyl carbamates (subject to hydrolysis) is 1. The molecule has 0 aliphatic carbocycles. The summed E-state index contributed by atoms with van der Waals surface area (Å²) in [5, 5.41) is 3.02. The molecule has 148 valence electrons. The molecule has 27 heavy (non-hydrogen) atoms. The Hall–Kier alpha value is -1.54. The van der Waals surface area contributed by atoms with Crippen LogP contribution in [-0.2, 0) is 19.0 Å². The molecule has 8 heteroatoms. The maximum absolute atomic E-state index is 12.4. The summed E-state index contributed by atoms with van der Waals surface area (Å²) in [5.74, 6) is -0.400. The predicted octanol–water partition coefficient (Wildman–Crippen LogP) is 4.61. The van der Waals surface area contributed by atoms with Gasteiger partial charge in [-0.1, -0.05) is 39.8 Å². The minimum Gasteiger partial charge on any atom is -0.464 e. The number of rotatable bonds is 3. The van der Waals surface area contributed by atoms with Gasteiger partial charge in [0, 0.05) is 9.22 Å². The fraction of sp³-hybridized carbons (Fsp3) is 0.526. The van der Waals surface area contributed by atoms with Gasteiger partial charge >= 0.3 is 12.1 Å². The lowest BCUT2D eigenvalue weighted by Crippen LogP contribution is -2.42. The third-order valence-electron chi connectivity index (χ3n) is 3.78. The Morgan fingerprint density at radius 2 is 2.11 bits per heavy atom. The van der Waals surface area contributed by atoms with Crippen LogP contribution in [0.2, 0.25) is 0 Å². The third-order valence-corrected chi connectivity index (χ3v) is 5.53. The van der Waals surface area contributed by atoms with Crippen LogP contribution in [0.1, 0.15) is 46.6 Å². The summed E-state index contributed by atoms with van der Waals surface area (Å²) in [5.41, 5.74) is 0.396. The molecule has 0 spiro atoms. The van der Waals surface area contributed by atoms with Crippen molar-refractivity contribution in [1.29, 1.82) is 0 Å². The zero-order chi connectivity index (χ0) is 20.2. The third kappa shape index (κ3) is 6.24. The van der Waals surface area contributed by atoms with E-state index >= 15 is 0 Å². The summed E-state index contributed by atoms with van der Waals surface area (Å²) >= 11 is 4.89. The molecule has 0 saturated heterocycles. The summed E-state index contributed by atoms with van der Waals surface area (Å²) < 4.78 is 10.9. The molecule has 1 aliphatic heterocycles. The monoisotopic (exact) mass is 456 g/mol. The molecule has 1 aliphatic rings. The van der Waals surface area contributed by atoms with Gasteiger partial charge in [-0.25, -0.2) is 14.6 Å². The Morgan fingerprint density at radius 3 is 2.70 bits per heavy atom. The van der Waals surface area contributed by atoms with E-state index in [1.54, 1.807) is 27.7 Å². The molecule has 0 saturated carbocycles. The highest BCUT2D eigenvalue weighted by atomic mass is 79.9. The van der Waals surface area contributed by atoms with Crippen LogP contribution in [0.15, 0.2) is 33.7 Å². The first-order chi connectivity index (χ1) is 12.5. The smallest absolute Gasteiger partial charge is 0.413 e. The minimum atomic E-state index is -0.694. The summed E-state index contributed by atoms with van der Waals surface area (Å²) in [6, 6.07) is 7.19. The van der Waals surface area contributed by atoms with Gasteiger partial charge in [0.05, 0.1) is 6.61 Å². The first-order valence-electron chi connectivity index (χ1n) is 8.72. The van der Waals surface area contributed by atoms with Crippen molar-refractivity contribution in [3.05, 3.63) is 34.3 Å². The Morgan fingerprint density at radius 1 is 1.41 bits per heavy atom. The average Bonchev–Trinajstić information content (AvgIpc) is 2.52. The Labute approximate surface area is 172 Å². The number of amidine groups is 1. The average molecular weight is 457 g/mol. The fourth-order valence-corrected chi connectivity index (χ4v) is 4.28. The van der Waals surface area contributed by atoms with Gasteiger partial charge in [0.15, 0.2) is 11.2 Å². The number of hydrogen-bond donors (Lipinski definition) is 1. The van der Waals surface area contributed by atoms with Crippen molar-refractivity contribution in [2.24, 2.45) is 4.99 Å². The quantitative estimate of drug-likeness (QED) is 0.671. The molecule has 1 N–H and O–H groups in total. The zero-order valence-corrected chi connectivity index (χ0v) is 18.6. The van der Waals surface area contributed by atoms with Crippen molar-refractivity contribution >= 4 is 44.9 Å². The van der Waals surface area contributed by atoms with Gasteiger partial charge in [0.25, 0.3) is 0 Å². The maximum Gasteiger partial charge on any atom is 0.413 e. The molecule has 2 unspecified atom stereocenters. The molecule has 0 radical (unpaired) electrons. The van der Waals surface area contributed by atoms with Gasteiger partial charge in [-0.3, -0.25) is 5.32 Å². The van der Waals surface area contributed by atoms with Crippen LogP contribution in [0.25, 0.3) is 0 Å². The molecule has 1 aromatic rings. The van der Waals surface area contributed by atoms with E-state index in [0.717, 1.165) is 10.0 Å². The van der Waals surface area contributed by atoms with Crippen molar-refractivity contribution in [3.8, 4) is 0 Å². The molecule has 1 heterocycles. The van der Waals surface area contributed by atoms with Crippen molar-refractivity contribution < 1.29 is 19.1 Å². The van der Waals surface area contributed by atoms with Crippen LogP contribution < -0.4 is 5.32 Å². The normalized spacial score (nSPS) is 22.6. The first kappa shape index (κ1) is 21.8. The molecule has 2 atom stereocenters. The van der Waals surface area contributed by atoms with Crippen LogP contribution in [0.3, 0.4) is 0 Å². The lowest BCUT2D eigenvalue weighted by molar-refractivity contribution is -0.144. The zero-order valence-electron chi connectivity index (χ0n) is 16.2. The molecule has 1 aromatic carbocycles. The van der Waals surface area contributed by atoms with E-state index in [4.69, 9.17) is 9.47 Å². The number of esters is 1. The summed E-state index contributed by atoms with van der Waals surface area (Å²) in [7, 11) is 0. The van der Waals surface area contributed by atoms with Crippen molar-refractivity contribution in [2.75, 3.05) is 6.61 Å². The largest absolute Gasteiger partial charge is 0.464 e. The number of carbonyl (C=O) groups is 2. The fourth-order valence-electron chi connectivity index (χ4n) is 2.65. The number of halogens is 1. The molecule has 0 bridgehead atoms. The van der Waals surface area contributed by atoms with E-state index in [-0.39, 0.29) is 6.61 Å². The SMILES string of the molecule is CCOC(=O)C1CC(C)(c2cccc(Br)c2)SC(NC(=O)OC(C)(C)C)=N1. The van der Waals surface area contributed by atoms with E-state index in [0.29, 0.717) is 11.6 Å². The van der Waals surface area contributed by atoms with Gasteiger partial charge in [-0.15, -0.1) is 0 Å². The van der Waals surface area contributed by atoms with Gasteiger partial charge in [0.2, 0.25) is 0 Å². The van der Waals surface area contributed by atoms with E-state index in [1.807, 2.05) is 31.2 Å². The van der Waals surface area contributed by atoms with Crippen LogP contribution in [-0.4, -0.2) is 35.5 Å². The highest BCUT2D eigenvalue weighted by Crippen LogP contribution is 2.45. The molecule has 2 rings (SSSR count). The molecule has 0 fully saturated rings. The maximum atomic E-state index is 12.4. The predicted molar refractivity (Wildman–Crippen MR) is 111 cm³/mol. The van der Waals surface area contributed by atoms with Crippen molar-refractivity contribution in [3.63, 3.8) is 0 Å². The minimum absolute atomic E-state index is 0.278. The van der Waals surface area contributed by atoms with Crippen LogP contribution in [0, 0.1) is 0 Å². The summed E-state index contributed by atoms with van der Waals surface area (Å²) in [6.45, 7) is 9.42. The number of amides is 1. The molecule has 6 nitrogen and oxygen atoms in total. The number of carbonyl (C=O) groups excluding carboxylic acids is 2. The van der Waals surface area contributed by atoms with Crippen LogP contribution in [0.4, 0.5) is 4.79 Å². The Balaban J connectivity index is 2.30. The van der Waals surface area contributed by atoms with Gasteiger partial charge in [0.1, 0.15) is 5.60 Å². The van der Waals surface area contributed by atoms with Gasteiger partial charge in [-0.2, -0.15) is 0 Å². The second kappa shape index (κ2) is 8.65. The molecule has 1 amide bonds. The highest BCUT2D eigenvalue weighted by molar-refractivity contribution is 9.10. The van der Waals surface area contributed by atoms with E-state index in [2.05, 4.69) is 26.2 Å². The lowest BCUT2D eigenvalue weighted by atomic mass is 9.92. The number of nitrogens with one attached hydrogen (secondary N) is 1. The first-order valence-corrected chi connectivity index (χ1v) is 10.3. The topological polar surface area (TPSA) is 77.0 Å². The molecule has 0 aromatic heterocycles. The Bertz CT molecular complexity index is 747. The van der Waals surface area contributed by atoms with Crippen LogP contribution >= 0.6 is 27.7 Å². The molecular formula is C19H25BrN2O4S. The van der Waals surface area contributed by atoms with Crippen molar-refractivity contribution in [2.45, 2.75) is 57.4 Å². The van der Waals surface area contributed by atoms with Crippen LogP contribution in [0.5, 0.6) is 0 Å². The van der Waals surface area contributed by atoms with Gasteiger partial charge < -0.3 is 9.47 Å². The lowest BCUT2D eigenvalue weighted by Gasteiger charge is -2.36. The number of ether oxygens (including phenoxy) is 2.